The normalized spacial score (nSPS) is 15.7. The molecule has 4 nitrogen and oxygen atoms in total. The molecule has 0 bridgehead atoms. The number of hydrogen-bond acceptors (Lipinski definition) is 3. The fraction of sp³-hybridized carbons (Fsp3) is 0.786. The third-order valence-electron chi connectivity index (χ3n) is 4.17. The molecule has 0 spiro atoms. The zero-order chi connectivity index (χ0) is 13.8. The summed E-state index contributed by atoms with van der Waals surface area (Å²) in [4.78, 5) is 0. The van der Waals surface area contributed by atoms with Gasteiger partial charge in [-0.25, -0.2) is 0 Å². The fourth-order valence-electron chi connectivity index (χ4n) is 1.94. The first-order chi connectivity index (χ1) is 8.44. The summed E-state index contributed by atoms with van der Waals surface area (Å²) in [6.07, 6.45) is 5.13. The summed E-state index contributed by atoms with van der Waals surface area (Å²) in [7, 11) is 0. The minimum absolute atomic E-state index is 0.175. The highest BCUT2D eigenvalue weighted by atomic mass is 15.3. The summed E-state index contributed by atoms with van der Waals surface area (Å²) in [6, 6.07) is 2.81. The van der Waals surface area contributed by atoms with Crippen LogP contribution in [0.3, 0.4) is 0 Å². The standard InChI is InChI=1S/C14H28N4/c1-6-11(3)18-9-8-12(17-18)10-13(16-15)14(4,5)7-2/h8-9,11,13,16H,6-7,10,15H2,1-5H3. The Morgan fingerprint density at radius 2 is 2.11 bits per heavy atom. The quantitative estimate of drug-likeness (QED) is 0.579. The van der Waals surface area contributed by atoms with Crippen LogP contribution in [0.4, 0.5) is 0 Å². The maximum atomic E-state index is 5.69. The van der Waals surface area contributed by atoms with E-state index in [-0.39, 0.29) is 11.5 Å². The van der Waals surface area contributed by atoms with Gasteiger partial charge >= 0.3 is 0 Å². The lowest BCUT2D eigenvalue weighted by molar-refractivity contribution is 0.230. The monoisotopic (exact) mass is 252 g/mol. The SMILES string of the molecule is CCC(C)n1ccc(CC(NN)C(C)(C)CC)n1. The van der Waals surface area contributed by atoms with Crippen molar-refractivity contribution >= 4 is 0 Å². The van der Waals surface area contributed by atoms with Gasteiger partial charge in [0, 0.05) is 24.7 Å². The number of nitrogens with one attached hydrogen (secondary N) is 1. The summed E-state index contributed by atoms with van der Waals surface area (Å²) in [5.74, 6) is 5.69. The zero-order valence-electron chi connectivity index (χ0n) is 12.4. The molecule has 1 rings (SSSR count). The summed E-state index contributed by atoms with van der Waals surface area (Å²) < 4.78 is 2.04. The molecule has 0 radical (unpaired) electrons. The van der Waals surface area contributed by atoms with Crippen molar-refractivity contribution in [2.45, 2.75) is 66.0 Å². The molecule has 1 aromatic rings. The van der Waals surface area contributed by atoms with Crippen molar-refractivity contribution < 1.29 is 0 Å². The second-order valence-corrected chi connectivity index (χ2v) is 5.81. The Morgan fingerprint density at radius 1 is 1.44 bits per heavy atom. The van der Waals surface area contributed by atoms with Gasteiger partial charge in [0.25, 0.3) is 0 Å². The van der Waals surface area contributed by atoms with E-state index in [9.17, 15) is 0 Å². The van der Waals surface area contributed by atoms with Crippen LogP contribution in [-0.2, 0) is 6.42 Å². The second kappa shape index (κ2) is 6.34. The molecule has 2 atom stereocenters. The zero-order valence-corrected chi connectivity index (χ0v) is 12.4. The van der Waals surface area contributed by atoms with Crippen LogP contribution in [0.15, 0.2) is 12.3 Å². The van der Waals surface area contributed by atoms with Gasteiger partial charge < -0.3 is 0 Å². The molecule has 1 heterocycles. The van der Waals surface area contributed by atoms with Gasteiger partial charge in [-0.05, 0) is 31.2 Å². The van der Waals surface area contributed by atoms with E-state index in [0.29, 0.717) is 6.04 Å². The molecule has 0 aliphatic carbocycles. The van der Waals surface area contributed by atoms with E-state index in [1.165, 1.54) is 0 Å². The molecule has 0 fully saturated rings. The van der Waals surface area contributed by atoms with Crippen molar-refractivity contribution in [3.8, 4) is 0 Å². The lowest BCUT2D eigenvalue weighted by atomic mass is 9.80. The molecular formula is C14H28N4. The van der Waals surface area contributed by atoms with E-state index in [2.05, 4.69) is 57.4 Å². The predicted molar refractivity (Wildman–Crippen MR) is 76.1 cm³/mol. The van der Waals surface area contributed by atoms with E-state index >= 15 is 0 Å². The maximum absolute atomic E-state index is 5.69. The molecule has 0 saturated carbocycles. The van der Waals surface area contributed by atoms with Crippen LogP contribution >= 0.6 is 0 Å². The van der Waals surface area contributed by atoms with Gasteiger partial charge in [-0.1, -0.05) is 27.7 Å². The molecule has 0 aliphatic heterocycles. The lowest BCUT2D eigenvalue weighted by Gasteiger charge is -2.32. The highest BCUT2D eigenvalue weighted by Crippen LogP contribution is 2.26. The minimum Gasteiger partial charge on any atom is -0.271 e. The summed E-state index contributed by atoms with van der Waals surface area (Å²) in [6.45, 7) is 11.0. The Kier molecular flexibility index (Phi) is 5.35. The van der Waals surface area contributed by atoms with Gasteiger partial charge in [0.2, 0.25) is 0 Å². The summed E-state index contributed by atoms with van der Waals surface area (Å²) in [5, 5.41) is 4.64. The molecule has 3 N–H and O–H groups in total. The smallest absolute Gasteiger partial charge is 0.0640 e. The molecule has 1 aromatic heterocycles. The highest BCUT2D eigenvalue weighted by Gasteiger charge is 2.27. The second-order valence-electron chi connectivity index (χ2n) is 5.81. The third-order valence-corrected chi connectivity index (χ3v) is 4.17. The molecule has 0 aromatic carbocycles. The van der Waals surface area contributed by atoms with Gasteiger partial charge in [-0.2, -0.15) is 5.10 Å². The first-order valence-electron chi connectivity index (χ1n) is 6.94. The summed E-state index contributed by atoms with van der Waals surface area (Å²) in [5.41, 5.74) is 4.23. The first kappa shape index (κ1) is 15.2. The number of nitrogens with zero attached hydrogens (tertiary/aromatic N) is 2. The largest absolute Gasteiger partial charge is 0.271 e. The van der Waals surface area contributed by atoms with Crippen LogP contribution in [-0.4, -0.2) is 15.8 Å². The van der Waals surface area contributed by atoms with E-state index in [4.69, 9.17) is 5.84 Å². The van der Waals surface area contributed by atoms with Crippen LogP contribution in [0.2, 0.25) is 0 Å². The van der Waals surface area contributed by atoms with Gasteiger partial charge in [-0.3, -0.25) is 16.0 Å². The highest BCUT2D eigenvalue weighted by molar-refractivity contribution is 5.04. The van der Waals surface area contributed by atoms with E-state index in [1.807, 2.05) is 4.68 Å². The molecule has 2 unspecified atom stereocenters. The molecular weight excluding hydrogens is 224 g/mol. The van der Waals surface area contributed by atoms with Crippen molar-refractivity contribution in [1.29, 1.82) is 0 Å². The van der Waals surface area contributed by atoms with Gasteiger partial charge in [0.15, 0.2) is 0 Å². The average molecular weight is 252 g/mol. The summed E-state index contributed by atoms with van der Waals surface area (Å²) >= 11 is 0. The van der Waals surface area contributed by atoms with Crippen molar-refractivity contribution in [2.24, 2.45) is 11.3 Å². The number of aromatic nitrogens is 2. The van der Waals surface area contributed by atoms with Crippen LogP contribution in [0.25, 0.3) is 0 Å². The Balaban J connectivity index is 2.74. The van der Waals surface area contributed by atoms with E-state index < -0.39 is 0 Å². The number of hydrazine groups is 1. The fourth-order valence-corrected chi connectivity index (χ4v) is 1.94. The average Bonchev–Trinajstić information content (AvgIpc) is 2.83. The van der Waals surface area contributed by atoms with Crippen molar-refractivity contribution in [2.75, 3.05) is 0 Å². The Hall–Kier alpha value is -0.870. The molecule has 4 heteroatoms. The van der Waals surface area contributed by atoms with Crippen molar-refractivity contribution in [3.05, 3.63) is 18.0 Å². The first-order valence-corrected chi connectivity index (χ1v) is 6.94. The predicted octanol–water partition coefficient (Wildman–Crippen LogP) is 2.66. The van der Waals surface area contributed by atoms with Crippen molar-refractivity contribution in [1.82, 2.24) is 15.2 Å². The number of nitrogens with two attached hydrogens (primary N) is 1. The van der Waals surface area contributed by atoms with E-state index in [1.54, 1.807) is 0 Å². The topological polar surface area (TPSA) is 55.9 Å². The lowest BCUT2D eigenvalue weighted by Crippen LogP contribution is -2.47. The van der Waals surface area contributed by atoms with Crippen LogP contribution in [0.5, 0.6) is 0 Å². The molecule has 0 amide bonds. The molecule has 0 aliphatic rings. The van der Waals surface area contributed by atoms with Gasteiger partial charge in [0.1, 0.15) is 0 Å². The Labute approximate surface area is 111 Å². The van der Waals surface area contributed by atoms with Crippen LogP contribution in [0, 0.1) is 5.41 Å². The van der Waals surface area contributed by atoms with Crippen LogP contribution < -0.4 is 11.3 Å². The van der Waals surface area contributed by atoms with Gasteiger partial charge in [-0.15, -0.1) is 0 Å². The Morgan fingerprint density at radius 3 is 2.61 bits per heavy atom. The minimum atomic E-state index is 0.175. The Bertz CT molecular complexity index is 356. The molecule has 0 saturated heterocycles. The number of rotatable bonds is 7. The van der Waals surface area contributed by atoms with E-state index in [0.717, 1.165) is 25.0 Å². The number of hydrogen-bond donors (Lipinski definition) is 2. The van der Waals surface area contributed by atoms with Gasteiger partial charge in [0.05, 0.1) is 5.69 Å². The third kappa shape index (κ3) is 3.56. The van der Waals surface area contributed by atoms with Crippen molar-refractivity contribution in [3.63, 3.8) is 0 Å². The maximum Gasteiger partial charge on any atom is 0.0640 e. The molecule has 18 heavy (non-hydrogen) atoms. The van der Waals surface area contributed by atoms with Crippen LogP contribution in [0.1, 0.15) is 59.2 Å². The molecule has 104 valence electrons.